The highest BCUT2D eigenvalue weighted by Crippen LogP contribution is 2.27. The van der Waals surface area contributed by atoms with E-state index in [4.69, 9.17) is 4.98 Å². The van der Waals surface area contributed by atoms with Crippen molar-refractivity contribution in [2.24, 2.45) is 0 Å². The Morgan fingerprint density at radius 1 is 0.909 bits per heavy atom. The third-order valence-corrected chi connectivity index (χ3v) is 7.67. The monoisotopic (exact) mass is 593 g/mol. The number of halogens is 1. The number of amides is 1. The number of carbonyl (C=O) groups is 1. The van der Waals surface area contributed by atoms with Crippen molar-refractivity contribution < 1.29 is 9.18 Å². The molecule has 228 valence electrons. The Bertz CT molecular complexity index is 1790. The highest BCUT2D eigenvalue weighted by molar-refractivity contribution is 5.93. The standard InChI is InChI=1S/C36H40FN5O2/c1-36(2,3)32-31(25-40(4)22-27-16-9-6-10-17-27)42-34(44)29(33(43)38-21-13-18-26-14-7-5-8-15-26)24-41(35(42)39-32)23-28-19-11-12-20-30(28)37/h5-12,14-17,19-20,24H,13,18,21-23,25H2,1-4H3,(H,38,43). The molecule has 0 fully saturated rings. The van der Waals surface area contributed by atoms with Gasteiger partial charge in [0.25, 0.3) is 11.5 Å². The van der Waals surface area contributed by atoms with Gasteiger partial charge in [-0.25, -0.2) is 13.8 Å². The summed E-state index contributed by atoms with van der Waals surface area (Å²) in [7, 11) is 2.00. The molecule has 1 N–H and O–H groups in total. The molecule has 5 rings (SSSR count). The Kier molecular flexibility index (Phi) is 9.40. The fourth-order valence-corrected chi connectivity index (χ4v) is 5.51. The van der Waals surface area contributed by atoms with Crippen LogP contribution in [0.4, 0.5) is 4.39 Å². The van der Waals surface area contributed by atoms with E-state index in [-0.39, 0.29) is 17.9 Å². The predicted molar refractivity (Wildman–Crippen MR) is 172 cm³/mol. The molecule has 0 aliphatic rings. The SMILES string of the molecule is CN(Cc1ccccc1)Cc1c(C(C)(C)C)nc2n(Cc3ccccc3F)cc(C(=O)NCCCc3ccccc3)c(=O)n12. The smallest absolute Gasteiger partial charge is 0.272 e. The molecule has 0 radical (unpaired) electrons. The third-order valence-electron chi connectivity index (χ3n) is 7.67. The maximum absolute atomic E-state index is 14.8. The van der Waals surface area contributed by atoms with Gasteiger partial charge in [-0.2, -0.15) is 0 Å². The maximum atomic E-state index is 14.8. The number of nitrogens with zero attached hydrogens (tertiary/aromatic N) is 4. The molecule has 2 aromatic heterocycles. The molecule has 0 aliphatic heterocycles. The van der Waals surface area contributed by atoms with Gasteiger partial charge in [-0.05, 0) is 37.1 Å². The summed E-state index contributed by atoms with van der Waals surface area (Å²) < 4.78 is 18.1. The Balaban J connectivity index is 1.55. The van der Waals surface area contributed by atoms with Crippen molar-refractivity contribution in [3.63, 3.8) is 0 Å². The lowest BCUT2D eigenvalue weighted by Crippen LogP contribution is -2.34. The molecule has 0 bridgehead atoms. The Hall–Kier alpha value is -4.56. The van der Waals surface area contributed by atoms with Crippen LogP contribution in [-0.2, 0) is 31.5 Å². The molecule has 0 saturated heterocycles. The lowest BCUT2D eigenvalue weighted by Gasteiger charge is -2.22. The van der Waals surface area contributed by atoms with E-state index in [1.807, 2.05) is 43.4 Å². The summed E-state index contributed by atoms with van der Waals surface area (Å²) in [6.07, 6.45) is 3.07. The molecular weight excluding hydrogens is 553 g/mol. The van der Waals surface area contributed by atoms with Gasteiger partial charge in [0, 0.05) is 36.8 Å². The number of fused-ring (bicyclic) bond motifs is 1. The second-order valence-corrected chi connectivity index (χ2v) is 12.4. The van der Waals surface area contributed by atoms with Crippen molar-refractivity contribution in [3.05, 3.63) is 141 Å². The van der Waals surface area contributed by atoms with Gasteiger partial charge < -0.3 is 9.88 Å². The third kappa shape index (κ3) is 7.14. The van der Waals surface area contributed by atoms with Crippen LogP contribution in [0.3, 0.4) is 0 Å². The van der Waals surface area contributed by atoms with E-state index in [2.05, 4.69) is 55.3 Å². The second kappa shape index (κ2) is 13.4. The average Bonchev–Trinajstić information content (AvgIpc) is 3.39. The van der Waals surface area contributed by atoms with E-state index < -0.39 is 16.9 Å². The zero-order valence-electron chi connectivity index (χ0n) is 25.9. The number of hydrogen-bond acceptors (Lipinski definition) is 4. The minimum absolute atomic E-state index is 0.00151. The van der Waals surface area contributed by atoms with Gasteiger partial charge in [-0.3, -0.25) is 14.5 Å². The number of benzene rings is 3. The van der Waals surface area contributed by atoms with Crippen LogP contribution in [0.25, 0.3) is 5.78 Å². The van der Waals surface area contributed by atoms with E-state index >= 15 is 0 Å². The minimum Gasteiger partial charge on any atom is -0.352 e. The Morgan fingerprint density at radius 3 is 2.20 bits per heavy atom. The first-order valence-corrected chi connectivity index (χ1v) is 15.0. The number of imidazole rings is 1. The number of aryl methyl sites for hydroxylation is 1. The second-order valence-electron chi connectivity index (χ2n) is 12.4. The molecule has 3 aromatic carbocycles. The number of carbonyl (C=O) groups excluding carboxylic acids is 1. The molecule has 2 heterocycles. The molecule has 0 unspecified atom stereocenters. The summed E-state index contributed by atoms with van der Waals surface area (Å²) in [6.45, 7) is 7.81. The fraction of sp³-hybridized carbons (Fsp3) is 0.306. The molecular formula is C36H40FN5O2. The van der Waals surface area contributed by atoms with Crippen LogP contribution < -0.4 is 10.9 Å². The molecule has 0 aliphatic carbocycles. The van der Waals surface area contributed by atoms with Crippen molar-refractivity contribution in [1.82, 2.24) is 24.2 Å². The van der Waals surface area contributed by atoms with Crippen LogP contribution in [-0.4, -0.2) is 38.4 Å². The summed E-state index contributed by atoms with van der Waals surface area (Å²) in [6, 6.07) is 26.7. The van der Waals surface area contributed by atoms with Gasteiger partial charge in [-0.15, -0.1) is 0 Å². The van der Waals surface area contributed by atoms with Crippen molar-refractivity contribution in [3.8, 4) is 0 Å². The summed E-state index contributed by atoms with van der Waals surface area (Å²) in [5.41, 5.74) is 3.43. The number of aromatic nitrogens is 3. The molecule has 5 aromatic rings. The Morgan fingerprint density at radius 2 is 1.55 bits per heavy atom. The molecule has 0 atom stereocenters. The first kappa shape index (κ1) is 30.9. The van der Waals surface area contributed by atoms with Crippen LogP contribution >= 0.6 is 0 Å². The van der Waals surface area contributed by atoms with Crippen LogP contribution in [0, 0.1) is 5.82 Å². The molecule has 1 amide bonds. The molecule has 0 spiro atoms. The molecule has 7 nitrogen and oxygen atoms in total. The Labute approximate surface area is 258 Å². The lowest BCUT2D eigenvalue weighted by molar-refractivity contribution is 0.0950. The van der Waals surface area contributed by atoms with Crippen molar-refractivity contribution in [1.29, 1.82) is 0 Å². The zero-order chi connectivity index (χ0) is 31.3. The van der Waals surface area contributed by atoms with Crippen LogP contribution in [0.5, 0.6) is 0 Å². The molecule has 0 saturated carbocycles. The summed E-state index contributed by atoms with van der Waals surface area (Å²) in [4.78, 5) is 34.8. The fourth-order valence-electron chi connectivity index (χ4n) is 5.51. The number of nitrogens with one attached hydrogen (secondary N) is 1. The van der Waals surface area contributed by atoms with E-state index in [1.54, 1.807) is 27.2 Å². The van der Waals surface area contributed by atoms with E-state index in [1.165, 1.54) is 17.8 Å². The van der Waals surface area contributed by atoms with Gasteiger partial charge in [0.05, 0.1) is 17.9 Å². The van der Waals surface area contributed by atoms with Crippen LogP contribution in [0.15, 0.2) is 95.9 Å². The quantitative estimate of drug-likeness (QED) is 0.192. The van der Waals surface area contributed by atoms with E-state index in [0.717, 1.165) is 29.8 Å². The normalized spacial score (nSPS) is 11.8. The summed E-state index contributed by atoms with van der Waals surface area (Å²) >= 11 is 0. The minimum atomic E-state index is -0.457. The number of rotatable bonds is 11. The van der Waals surface area contributed by atoms with E-state index in [9.17, 15) is 14.0 Å². The summed E-state index contributed by atoms with van der Waals surface area (Å²) in [5, 5.41) is 2.94. The van der Waals surface area contributed by atoms with Gasteiger partial charge in [0.15, 0.2) is 0 Å². The highest BCUT2D eigenvalue weighted by Gasteiger charge is 2.28. The van der Waals surface area contributed by atoms with Gasteiger partial charge in [-0.1, -0.05) is 99.6 Å². The van der Waals surface area contributed by atoms with Crippen LogP contribution in [0.1, 0.15) is 65.6 Å². The topological polar surface area (TPSA) is 71.6 Å². The van der Waals surface area contributed by atoms with E-state index in [0.29, 0.717) is 31.0 Å². The maximum Gasteiger partial charge on any atom is 0.272 e. The largest absolute Gasteiger partial charge is 0.352 e. The predicted octanol–water partition coefficient (Wildman–Crippen LogP) is 5.98. The summed E-state index contributed by atoms with van der Waals surface area (Å²) in [5.74, 6) is -0.435. The first-order chi connectivity index (χ1) is 21.1. The molecule has 8 heteroatoms. The highest BCUT2D eigenvalue weighted by atomic mass is 19.1. The average molecular weight is 594 g/mol. The molecule has 44 heavy (non-hydrogen) atoms. The van der Waals surface area contributed by atoms with Crippen molar-refractivity contribution in [2.45, 2.75) is 58.7 Å². The van der Waals surface area contributed by atoms with Gasteiger partial charge >= 0.3 is 0 Å². The van der Waals surface area contributed by atoms with Crippen molar-refractivity contribution in [2.75, 3.05) is 13.6 Å². The van der Waals surface area contributed by atoms with Crippen molar-refractivity contribution >= 4 is 11.7 Å². The first-order valence-electron chi connectivity index (χ1n) is 15.0. The number of hydrogen-bond donors (Lipinski definition) is 1. The van der Waals surface area contributed by atoms with Gasteiger partial charge in [0.1, 0.15) is 11.4 Å². The zero-order valence-corrected chi connectivity index (χ0v) is 25.9. The van der Waals surface area contributed by atoms with Gasteiger partial charge in [0.2, 0.25) is 5.78 Å². The van der Waals surface area contributed by atoms with Crippen LogP contribution in [0.2, 0.25) is 0 Å². The lowest BCUT2D eigenvalue weighted by atomic mass is 9.90.